The van der Waals surface area contributed by atoms with Crippen molar-refractivity contribution >= 4 is 0 Å². The van der Waals surface area contributed by atoms with Gasteiger partial charge in [0.1, 0.15) is 0 Å². The normalized spacial score (nSPS) is 20.0. The minimum atomic E-state index is -1.41. The van der Waals surface area contributed by atoms with Crippen LogP contribution in [0.15, 0.2) is 12.1 Å². The minimum Gasteiger partial charge on any atom is -0.312 e. The van der Waals surface area contributed by atoms with Gasteiger partial charge in [-0.3, -0.25) is 0 Å². The van der Waals surface area contributed by atoms with Crippen molar-refractivity contribution in [3.05, 3.63) is 35.1 Å². The Morgan fingerprint density at radius 2 is 1.90 bits per heavy atom. The Bertz CT molecular complexity index is 439. The zero-order chi connectivity index (χ0) is 14.7. The lowest BCUT2D eigenvalue weighted by Crippen LogP contribution is -2.30. The fourth-order valence-electron chi connectivity index (χ4n) is 2.63. The maximum atomic E-state index is 13.1. The molecule has 0 radical (unpaired) electrons. The van der Waals surface area contributed by atoms with E-state index in [4.69, 9.17) is 0 Å². The van der Waals surface area contributed by atoms with E-state index >= 15 is 0 Å². The number of halogens is 3. The van der Waals surface area contributed by atoms with Crippen LogP contribution in [-0.4, -0.2) is 30.6 Å². The van der Waals surface area contributed by atoms with Gasteiger partial charge in [0.25, 0.3) is 0 Å². The molecule has 1 atom stereocenters. The van der Waals surface area contributed by atoms with E-state index in [1.165, 1.54) is 0 Å². The van der Waals surface area contributed by atoms with Crippen LogP contribution in [0.3, 0.4) is 0 Å². The van der Waals surface area contributed by atoms with Crippen molar-refractivity contribution in [1.29, 1.82) is 0 Å². The highest BCUT2D eigenvalue weighted by atomic mass is 19.2. The van der Waals surface area contributed by atoms with E-state index < -0.39 is 17.5 Å². The molecule has 0 bridgehead atoms. The number of likely N-dealkylation sites (tertiary alicyclic amines) is 1. The molecule has 2 rings (SSSR count). The molecule has 1 unspecified atom stereocenters. The van der Waals surface area contributed by atoms with Crippen molar-refractivity contribution in [1.82, 2.24) is 10.2 Å². The van der Waals surface area contributed by atoms with Crippen molar-refractivity contribution in [2.45, 2.75) is 32.9 Å². The molecule has 112 valence electrons. The molecule has 1 aromatic rings. The minimum absolute atomic E-state index is 0.353. The van der Waals surface area contributed by atoms with Crippen molar-refractivity contribution in [3.63, 3.8) is 0 Å². The third-order valence-corrected chi connectivity index (χ3v) is 3.85. The predicted octanol–water partition coefficient (Wildman–Crippen LogP) is 2.92. The molecule has 1 saturated heterocycles. The molecule has 2 nitrogen and oxygen atoms in total. The van der Waals surface area contributed by atoms with Crippen LogP contribution >= 0.6 is 0 Å². The van der Waals surface area contributed by atoms with Crippen LogP contribution in [0.4, 0.5) is 13.2 Å². The average Bonchev–Trinajstić information content (AvgIpc) is 2.85. The van der Waals surface area contributed by atoms with Gasteiger partial charge in [-0.2, -0.15) is 0 Å². The van der Waals surface area contributed by atoms with Crippen molar-refractivity contribution in [2.75, 3.05) is 19.6 Å². The highest BCUT2D eigenvalue weighted by Gasteiger charge is 2.23. The lowest BCUT2D eigenvalue weighted by atomic mass is 10.1. The molecule has 20 heavy (non-hydrogen) atoms. The number of rotatable bonds is 5. The molecule has 1 aliphatic heterocycles. The first-order valence-electron chi connectivity index (χ1n) is 7.05. The summed E-state index contributed by atoms with van der Waals surface area (Å²) in [7, 11) is 0. The van der Waals surface area contributed by atoms with Crippen molar-refractivity contribution in [2.24, 2.45) is 5.92 Å². The van der Waals surface area contributed by atoms with Crippen LogP contribution in [0.5, 0.6) is 0 Å². The predicted molar refractivity (Wildman–Crippen MR) is 72.8 cm³/mol. The first-order valence-corrected chi connectivity index (χ1v) is 7.05. The summed E-state index contributed by atoms with van der Waals surface area (Å²) in [5.41, 5.74) is 0.431. The smallest absolute Gasteiger partial charge is 0.194 e. The topological polar surface area (TPSA) is 15.3 Å². The first-order chi connectivity index (χ1) is 9.47. The van der Waals surface area contributed by atoms with Crippen LogP contribution in [0.2, 0.25) is 0 Å². The third-order valence-electron chi connectivity index (χ3n) is 3.85. The maximum Gasteiger partial charge on any atom is 0.194 e. The van der Waals surface area contributed by atoms with Gasteiger partial charge in [-0.25, -0.2) is 13.2 Å². The van der Waals surface area contributed by atoms with Gasteiger partial charge in [-0.1, -0.05) is 0 Å². The summed E-state index contributed by atoms with van der Waals surface area (Å²) in [5.74, 6) is -3.10. The van der Waals surface area contributed by atoms with E-state index in [-0.39, 0.29) is 0 Å². The summed E-state index contributed by atoms with van der Waals surface area (Å²) in [6.45, 7) is 7.68. The van der Waals surface area contributed by atoms with E-state index in [0.717, 1.165) is 38.2 Å². The van der Waals surface area contributed by atoms with Gasteiger partial charge in [0.15, 0.2) is 17.5 Å². The van der Waals surface area contributed by atoms with Crippen LogP contribution in [0.25, 0.3) is 0 Å². The molecule has 5 heteroatoms. The molecule has 1 heterocycles. The van der Waals surface area contributed by atoms with Crippen molar-refractivity contribution in [3.8, 4) is 0 Å². The SMILES string of the molecule is CC(C)N1CCC(CNCc2cc(F)c(F)c(F)c2)C1. The standard InChI is InChI=1S/C15H21F3N2/c1-10(2)20-4-3-11(9-20)7-19-8-12-5-13(16)15(18)14(17)6-12/h5-6,10-11,19H,3-4,7-9H2,1-2H3. The molecule has 1 N–H and O–H groups in total. The monoisotopic (exact) mass is 286 g/mol. The molecular formula is C15H21F3N2. The van der Waals surface area contributed by atoms with Gasteiger partial charge in [0.05, 0.1) is 0 Å². The Balaban J connectivity index is 1.79. The van der Waals surface area contributed by atoms with E-state index in [1.54, 1.807) is 0 Å². The lowest BCUT2D eigenvalue weighted by Gasteiger charge is -2.20. The van der Waals surface area contributed by atoms with Crippen molar-refractivity contribution < 1.29 is 13.2 Å². The number of benzene rings is 1. The second-order valence-electron chi connectivity index (χ2n) is 5.75. The molecule has 0 aromatic heterocycles. The number of hydrogen-bond donors (Lipinski definition) is 1. The summed E-state index contributed by atoms with van der Waals surface area (Å²) in [6, 6.07) is 2.64. The van der Waals surface area contributed by atoms with E-state index in [9.17, 15) is 13.2 Å². The van der Waals surface area contributed by atoms with E-state index in [2.05, 4.69) is 24.1 Å². The molecule has 0 amide bonds. The summed E-state index contributed by atoms with van der Waals surface area (Å²) >= 11 is 0. The van der Waals surface area contributed by atoms with Gasteiger partial charge >= 0.3 is 0 Å². The highest BCUT2D eigenvalue weighted by Crippen LogP contribution is 2.18. The Morgan fingerprint density at radius 3 is 2.45 bits per heavy atom. The molecule has 0 saturated carbocycles. The third kappa shape index (κ3) is 3.73. The Kier molecular flexibility index (Phi) is 5.05. The quantitative estimate of drug-likeness (QED) is 0.837. The van der Waals surface area contributed by atoms with E-state index in [0.29, 0.717) is 24.1 Å². The summed E-state index contributed by atoms with van der Waals surface area (Å²) in [6.07, 6.45) is 1.14. The molecular weight excluding hydrogens is 265 g/mol. The fraction of sp³-hybridized carbons (Fsp3) is 0.600. The average molecular weight is 286 g/mol. The van der Waals surface area contributed by atoms with Gasteiger partial charge < -0.3 is 10.2 Å². The zero-order valence-corrected chi connectivity index (χ0v) is 11.9. The number of nitrogens with one attached hydrogen (secondary N) is 1. The number of hydrogen-bond acceptors (Lipinski definition) is 2. The Hall–Kier alpha value is -1.07. The number of nitrogens with zero attached hydrogens (tertiary/aromatic N) is 1. The maximum absolute atomic E-state index is 13.1. The summed E-state index contributed by atoms with van der Waals surface area (Å²) in [4.78, 5) is 2.42. The van der Waals surface area contributed by atoms with Crippen LogP contribution in [0, 0.1) is 23.4 Å². The van der Waals surface area contributed by atoms with Crippen LogP contribution < -0.4 is 5.32 Å². The molecule has 1 aromatic carbocycles. The van der Waals surface area contributed by atoms with Gasteiger partial charge in [-0.05, 0) is 57.0 Å². The van der Waals surface area contributed by atoms with Crippen LogP contribution in [-0.2, 0) is 6.54 Å². The molecule has 1 aliphatic rings. The highest BCUT2D eigenvalue weighted by molar-refractivity contribution is 5.19. The van der Waals surface area contributed by atoms with E-state index in [1.807, 2.05) is 0 Å². The van der Waals surface area contributed by atoms with Crippen LogP contribution in [0.1, 0.15) is 25.8 Å². The summed E-state index contributed by atoms with van der Waals surface area (Å²) < 4.78 is 38.9. The second-order valence-corrected chi connectivity index (χ2v) is 5.75. The second kappa shape index (κ2) is 6.59. The Morgan fingerprint density at radius 1 is 1.25 bits per heavy atom. The molecule has 0 spiro atoms. The first kappa shape index (κ1) is 15.3. The van der Waals surface area contributed by atoms with Gasteiger partial charge in [-0.15, -0.1) is 0 Å². The summed E-state index contributed by atoms with van der Waals surface area (Å²) in [5, 5.41) is 3.19. The largest absolute Gasteiger partial charge is 0.312 e. The molecule has 1 fully saturated rings. The fourth-order valence-corrected chi connectivity index (χ4v) is 2.63. The lowest BCUT2D eigenvalue weighted by molar-refractivity contribution is 0.264. The Labute approximate surface area is 118 Å². The van der Waals surface area contributed by atoms with Gasteiger partial charge in [0, 0.05) is 19.1 Å². The zero-order valence-electron chi connectivity index (χ0n) is 11.9. The van der Waals surface area contributed by atoms with Gasteiger partial charge in [0.2, 0.25) is 0 Å². The molecule has 0 aliphatic carbocycles.